The molecule has 2 aromatic carbocycles. The number of hydrogen-bond acceptors (Lipinski definition) is 13. The Morgan fingerprint density at radius 1 is 1.03 bits per heavy atom. The zero-order chi connectivity index (χ0) is 51.0. The third-order valence-corrected chi connectivity index (χ3v) is 15.0. The van der Waals surface area contributed by atoms with Gasteiger partial charge in [0.2, 0.25) is 23.6 Å². The molecule has 1 saturated heterocycles. The van der Waals surface area contributed by atoms with Crippen LogP contribution in [-0.2, 0) is 28.7 Å². The van der Waals surface area contributed by atoms with Crippen LogP contribution in [0.5, 0.6) is 0 Å². The molecule has 0 unspecified atom stereocenters. The van der Waals surface area contributed by atoms with Crippen LogP contribution in [0.15, 0.2) is 64.2 Å². The molecule has 2 aromatic heterocycles. The Labute approximate surface area is 424 Å². The van der Waals surface area contributed by atoms with Crippen molar-refractivity contribution in [2.24, 2.45) is 15.4 Å². The summed E-state index contributed by atoms with van der Waals surface area (Å²) in [5.74, 6) is -0.136. The van der Waals surface area contributed by atoms with Gasteiger partial charge in [0.25, 0.3) is 0 Å². The highest BCUT2D eigenvalue weighted by molar-refractivity contribution is 8.07. The number of ether oxygens (including phenoxy) is 2. The van der Waals surface area contributed by atoms with Crippen LogP contribution in [0, 0.1) is 26.2 Å². The summed E-state index contributed by atoms with van der Waals surface area (Å²) in [7, 11) is 1.73. The predicted octanol–water partition coefficient (Wildman–Crippen LogP) is 7.19. The molecule has 4 aromatic rings. The predicted molar refractivity (Wildman–Crippen MR) is 278 cm³/mol. The summed E-state index contributed by atoms with van der Waals surface area (Å²) in [5.41, 5.74) is 5.75. The number of hydrogen-bond donors (Lipinski definition) is 3. The first-order valence-electron chi connectivity index (χ1n) is 23.4. The third-order valence-electron chi connectivity index (χ3n) is 12.6. The van der Waals surface area contributed by atoms with Crippen molar-refractivity contribution in [1.29, 1.82) is 0 Å². The molecule has 1 fully saturated rings. The van der Waals surface area contributed by atoms with E-state index in [4.69, 9.17) is 26.1 Å². The number of amides is 4. The Kier molecular flexibility index (Phi) is 18.4. The van der Waals surface area contributed by atoms with Crippen molar-refractivity contribution in [3.63, 3.8) is 0 Å². The Bertz CT molecular complexity index is 2600. The number of aliphatic hydroxyl groups excluding tert-OH is 1. The molecule has 16 nitrogen and oxygen atoms in total. The number of fused-ring (bicyclic) bond motifs is 3. The normalized spacial score (nSPS) is 17.9. The maximum absolute atomic E-state index is 14.1. The first-order chi connectivity index (χ1) is 33.2. The summed E-state index contributed by atoms with van der Waals surface area (Å²) in [4.78, 5) is 69.1. The maximum atomic E-state index is 14.1. The topological polar surface area (TPSA) is 193 Å². The molecule has 4 amide bonds. The van der Waals surface area contributed by atoms with E-state index in [9.17, 15) is 24.3 Å². The van der Waals surface area contributed by atoms with Crippen LogP contribution < -0.4 is 10.6 Å². The molecule has 376 valence electrons. The summed E-state index contributed by atoms with van der Waals surface area (Å²) in [5, 5.41) is 27.0. The van der Waals surface area contributed by atoms with Gasteiger partial charge in [0.1, 0.15) is 35.6 Å². The number of thioether (sulfide) groups is 1. The minimum absolute atomic E-state index is 0.0376. The van der Waals surface area contributed by atoms with Crippen molar-refractivity contribution in [2.75, 3.05) is 52.8 Å². The molecule has 0 spiro atoms. The molecular formula is C51H66ClN9O7S2. The quantitative estimate of drug-likeness (QED) is 0.0603. The zero-order valence-corrected chi connectivity index (χ0v) is 44.2. The van der Waals surface area contributed by atoms with Gasteiger partial charge >= 0.3 is 0 Å². The first-order valence-corrected chi connectivity index (χ1v) is 25.8. The van der Waals surface area contributed by atoms with Gasteiger partial charge in [-0.2, -0.15) is 0 Å². The monoisotopic (exact) mass is 1020 g/mol. The number of aliphatic hydroxyl groups is 1. The number of β-amino-alcohol motifs (C(OH)–C–C–N with tert-alkyl or cyclic N) is 1. The van der Waals surface area contributed by atoms with E-state index in [0.717, 1.165) is 54.0 Å². The van der Waals surface area contributed by atoms with Gasteiger partial charge in [-0.1, -0.05) is 68.8 Å². The second-order valence-corrected chi connectivity index (χ2v) is 21.3. The summed E-state index contributed by atoms with van der Waals surface area (Å²) in [6, 6.07) is 12.5. The minimum Gasteiger partial charge on any atom is -0.391 e. The van der Waals surface area contributed by atoms with Gasteiger partial charge in [-0.15, -0.1) is 33.3 Å². The molecule has 0 bridgehead atoms. The van der Waals surface area contributed by atoms with Crippen molar-refractivity contribution in [3.05, 3.63) is 104 Å². The average molecular weight is 1020 g/mol. The highest BCUT2D eigenvalue weighted by atomic mass is 35.5. The first kappa shape index (κ1) is 54.1. The number of carbonyl (C=O) groups is 4. The maximum Gasteiger partial charge on any atom is 0.246 e. The number of aryl methyl sites for hydroxylation is 2. The summed E-state index contributed by atoms with van der Waals surface area (Å²) in [6.07, 6.45) is 1.72. The fourth-order valence-electron chi connectivity index (χ4n) is 8.50. The Morgan fingerprint density at radius 2 is 1.71 bits per heavy atom. The summed E-state index contributed by atoms with van der Waals surface area (Å²) < 4.78 is 13.5. The molecular weight excluding hydrogens is 950 g/mol. The number of nitrogens with one attached hydrogen (secondary N) is 2. The van der Waals surface area contributed by atoms with Crippen molar-refractivity contribution >= 4 is 75.7 Å². The van der Waals surface area contributed by atoms with Crippen LogP contribution in [-0.4, -0.2) is 137 Å². The highest BCUT2D eigenvalue weighted by Crippen LogP contribution is 2.40. The van der Waals surface area contributed by atoms with Gasteiger partial charge in [-0.3, -0.25) is 33.7 Å². The van der Waals surface area contributed by atoms with Crippen LogP contribution in [0.25, 0.3) is 9.91 Å². The third kappa shape index (κ3) is 12.8. The van der Waals surface area contributed by atoms with E-state index in [1.807, 2.05) is 101 Å². The fraction of sp³-hybridized carbons (Fsp3) is 0.490. The fourth-order valence-corrected chi connectivity index (χ4v) is 10.6. The number of likely N-dealkylation sites (tertiary alicyclic amines) is 1. The Morgan fingerprint density at radius 3 is 2.37 bits per heavy atom. The number of likely N-dealkylation sites (N-methyl/N-ethyl adjacent to an activating group) is 1. The van der Waals surface area contributed by atoms with Gasteiger partial charge in [0, 0.05) is 65.7 Å². The summed E-state index contributed by atoms with van der Waals surface area (Å²) >= 11 is 9.49. The van der Waals surface area contributed by atoms with Gasteiger partial charge in [0.05, 0.1) is 36.6 Å². The van der Waals surface area contributed by atoms with Crippen LogP contribution >= 0.6 is 34.7 Å². The molecule has 2 aliphatic heterocycles. The lowest BCUT2D eigenvalue weighted by atomic mass is 9.85. The molecule has 4 heterocycles. The molecule has 0 radical (unpaired) electrons. The van der Waals surface area contributed by atoms with E-state index in [-0.39, 0.29) is 51.2 Å². The van der Waals surface area contributed by atoms with Crippen LogP contribution in [0.4, 0.5) is 0 Å². The van der Waals surface area contributed by atoms with Crippen molar-refractivity contribution in [2.45, 2.75) is 105 Å². The van der Waals surface area contributed by atoms with Gasteiger partial charge in [0.15, 0.2) is 5.82 Å². The summed E-state index contributed by atoms with van der Waals surface area (Å²) in [6.45, 7) is 19.8. The second-order valence-electron chi connectivity index (χ2n) is 18.8. The SMILES string of the molecule is C=N/C(C)=C(\SC)c1ccc([C@H](C)NC(=O)[C@@H]2C[C@@H](O)CN2C(=O)[C@@H](NC(=O)COCCCOCCN(C)C(=O)C[C@@H]2N=C(c3ccc(Cl)cc3)c3c(sc(C)c3C)-n3c(C)nnc32)C(C)(C)C)cc1. The van der Waals surface area contributed by atoms with E-state index in [2.05, 4.69) is 46.4 Å². The lowest BCUT2D eigenvalue weighted by Crippen LogP contribution is -2.58. The number of allylic oxidation sites excluding steroid dienone is 1. The molecule has 3 N–H and O–H groups in total. The number of aliphatic imine (C=N–C) groups is 2. The Hall–Kier alpha value is -5.24. The number of carbonyl (C=O) groups excluding carboxylic acids is 4. The molecule has 70 heavy (non-hydrogen) atoms. The average Bonchev–Trinajstić information content (AvgIpc) is 3.97. The van der Waals surface area contributed by atoms with E-state index in [1.54, 1.807) is 35.0 Å². The lowest BCUT2D eigenvalue weighted by Gasteiger charge is -2.35. The van der Waals surface area contributed by atoms with Crippen molar-refractivity contribution in [1.82, 2.24) is 35.2 Å². The molecule has 0 aliphatic carbocycles. The largest absolute Gasteiger partial charge is 0.391 e. The smallest absolute Gasteiger partial charge is 0.246 e. The highest BCUT2D eigenvalue weighted by Gasteiger charge is 2.45. The number of rotatable bonds is 20. The number of nitrogens with zero attached hydrogens (tertiary/aromatic N) is 7. The van der Waals surface area contributed by atoms with E-state index in [1.165, 1.54) is 4.90 Å². The van der Waals surface area contributed by atoms with Gasteiger partial charge < -0.3 is 35.0 Å². The molecule has 0 saturated carbocycles. The Balaban J connectivity index is 0.953. The van der Waals surface area contributed by atoms with Crippen LogP contribution in [0.2, 0.25) is 5.02 Å². The number of aromatic nitrogens is 3. The van der Waals surface area contributed by atoms with Crippen LogP contribution in [0.3, 0.4) is 0 Å². The number of halogens is 1. The molecule has 6 rings (SSSR count). The molecule has 2 aliphatic rings. The van der Waals surface area contributed by atoms with Crippen molar-refractivity contribution in [3.8, 4) is 5.00 Å². The van der Waals surface area contributed by atoms with Crippen molar-refractivity contribution < 1.29 is 33.8 Å². The second kappa shape index (κ2) is 23.8. The number of benzene rings is 2. The lowest BCUT2D eigenvalue weighted by molar-refractivity contribution is -0.144. The van der Waals surface area contributed by atoms with Gasteiger partial charge in [-0.05, 0) is 88.3 Å². The van der Waals surface area contributed by atoms with E-state index < -0.39 is 47.4 Å². The molecule has 5 atom stereocenters. The van der Waals surface area contributed by atoms with Gasteiger partial charge in [-0.25, -0.2) is 0 Å². The number of thiophene rings is 1. The minimum atomic E-state index is -0.992. The standard InChI is InChI=1S/C51H66ClN9O7S2/c1-29-32(4)70-50-43(29)44(35-17-19-37(52)20-18-35)55-39(47-58-57-33(5)61(47)50)26-42(64)59(10)21-24-67-22-12-23-68-28-41(63)56-46(51(6,7)8)49(66)60-27-38(62)25-40(60)48(65)54-30(2)34-13-15-36(16-14-34)45(69-11)31(3)53-9/h13-20,30,38-40,46,62H,9,12,21-28H2,1-8,10-11H3,(H,54,65)(H,56,63)/b45-31-/t30-,38+,39-,40-,46+/m0/s1. The molecule has 19 heteroatoms. The zero-order valence-electron chi connectivity index (χ0n) is 41.8. The van der Waals surface area contributed by atoms with Crippen LogP contribution in [0.1, 0.15) is 110 Å². The van der Waals surface area contributed by atoms with E-state index >= 15 is 0 Å². The van der Waals surface area contributed by atoms with E-state index in [0.29, 0.717) is 36.2 Å².